The van der Waals surface area contributed by atoms with Crippen molar-refractivity contribution >= 4 is 27.6 Å². The molecule has 0 spiro atoms. The first kappa shape index (κ1) is 12.5. The van der Waals surface area contributed by atoms with Crippen molar-refractivity contribution in [1.82, 2.24) is 5.16 Å². The summed E-state index contributed by atoms with van der Waals surface area (Å²) in [5.41, 5.74) is -0.222. The molecule has 0 atom stereocenters. The Labute approximate surface area is 109 Å². The number of aromatic carboxylic acids is 1. The van der Waals surface area contributed by atoms with Gasteiger partial charge < -0.3 is 9.63 Å². The van der Waals surface area contributed by atoms with Crippen LogP contribution < -0.4 is 0 Å². The van der Waals surface area contributed by atoms with Gasteiger partial charge in [0.15, 0.2) is 0 Å². The third-order valence-corrected chi connectivity index (χ3v) is 2.98. The summed E-state index contributed by atoms with van der Waals surface area (Å²) in [5, 5.41) is 12.8. The highest BCUT2D eigenvalue weighted by Crippen LogP contribution is 2.38. The number of carboxylic acids is 1. The summed E-state index contributed by atoms with van der Waals surface area (Å²) in [7, 11) is 0. The van der Waals surface area contributed by atoms with Crippen LogP contribution in [-0.2, 0) is 6.18 Å². The van der Waals surface area contributed by atoms with Crippen LogP contribution in [0.2, 0.25) is 0 Å². The maximum absolute atomic E-state index is 12.8. The number of alkyl halides is 3. The van der Waals surface area contributed by atoms with E-state index in [1.54, 1.807) is 12.1 Å². The quantitative estimate of drug-likeness (QED) is 0.738. The first-order chi connectivity index (χ1) is 9.39. The summed E-state index contributed by atoms with van der Waals surface area (Å²) in [6, 6.07) is 7.16. The highest BCUT2D eigenvalue weighted by Gasteiger charge is 2.38. The molecule has 102 valence electrons. The second kappa shape index (κ2) is 3.96. The van der Waals surface area contributed by atoms with Gasteiger partial charge in [0.05, 0.1) is 10.9 Å². The second-order valence-electron chi connectivity index (χ2n) is 4.18. The maximum atomic E-state index is 12.8. The number of rotatable bonds is 1. The van der Waals surface area contributed by atoms with E-state index in [4.69, 9.17) is 5.11 Å². The normalized spacial score (nSPS) is 12.2. The van der Waals surface area contributed by atoms with Crippen LogP contribution >= 0.6 is 0 Å². The Morgan fingerprint density at radius 3 is 2.40 bits per heavy atom. The molecule has 4 nitrogen and oxygen atoms in total. The fraction of sp³-hybridized carbons (Fsp3) is 0.0769. The SMILES string of the molecule is O=C(O)c1cc2c(C(F)(F)F)onc2c2ccccc12. The Morgan fingerprint density at radius 2 is 1.80 bits per heavy atom. The lowest BCUT2D eigenvalue weighted by Crippen LogP contribution is -2.04. The molecule has 0 radical (unpaired) electrons. The predicted octanol–water partition coefficient (Wildman–Crippen LogP) is 3.70. The Bertz CT molecular complexity index is 836. The molecule has 0 unspecified atom stereocenters. The highest BCUT2D eigenvalue weighted by atomic mass is 19.4. The lowest BCUT2D eigenvalue weighted by Gasteiger charge is -2.05. The standard InChI is InChI=1S/C13H6F3NO3/c14-13(15,16)11-9-5-8(12(18)19)6-3-1-2-4-7(6)10(9)17-20-11/h1-5H,(H,18,19). The number of benzene rings is 2. The molecule has 0 fully saturated rings. The maximum Gasteiger partial charge on any atom is 0.453 e. The van der Waals surface area contributed by atoms with E-state index in [0.29, 0.717) is 10.8 Å². The van der Waals surface area contributed by atoms with Crippen LogP contribution in [0, 0.1) is 0 Å². The number of fused-ring (bicyclic) bond motifs is 3. The minimum absolute atomic E-state index is 0.00192. The number of halogens is 3. The lowest BCUT2D eigenvalue weighted by atomic mass is 10.0. The molecule has 1 heterocycles. The smallest absolute Gasteiger partial charge is 0.453 e. The Kier molecular flexibility index (Phi) is 2.47. The lowest BCUT2D eigenvalue weighted by molar-refractivity contribution is -0.154. The summed E-state index contributed by atoms with van der Waals surface area (Å²) in [6.45, 7) is 0. The molecule has 1 aromatic heterocycles. The van der Waals surface area contributed by atoms with E-state index < -0.39 is 17.9 Å². The van der Waals surface area contributed by atoms with Gasteiger partial charge in [-0.3, -0.25) is 0 Å². The van der Waals surface area contributed by atoms with Gasteiger partial charge in [-0.25, -0.2) is 4.79 Å². The average molecular weight is 281 g/mol. The molecule has 3 rings (SSSR count). The van der Waals surface area contributed by atoms with E-state index >= 15 is 0 Å². The molecular weight excluding hydrogens is 275 g/mol. The van der Waals surface area contributed by atoms with Gasteiger partial charge in [-0.05, 0) is 11.5 Å². The molecule has 0 saturated carbocycles. The summed E-state index contributed by atoms with van der Waals surface area (Å²) < 4.78 is 42.8. The van der Waals surface area contributed by atoms with Crippen molar-refractivity contribution in [2.24, 2.45) is 0 Å². The minimum atomic E-state index is -4.73. The number of nitrogens with zero attached hydrogens (tertiary/aromatic N) is 1. The molecule has 0 bridgehead atoms. The van der Waals surface area contributed by atoms with Gasteiger partial charge in [0.1, 0.15) is 5.52 Å². The van der Waals surface area contributed by atoms with Gasteiger partial charge >= 0.3 is 12.1 Å². The average Bonchev–Trinajstić information content (AvgIpc) is 2.81. The van der Waals surface area contributed by atoms with Crippen molar-refractivity contribution < 1.29 is 27.6 Å². The fourth-order valence-corrected chi connectivity index (χ4v) is 2.15. The monoisotopic (exact) mass is 281 g/mol. The van der Waals surface area contributed by atoms with Crippen molar-refractivity contribution in [3.63, 3.8) is 0 Å². The third-order valence-electron chi connectivity index (χ3n) is 2.98. The summed E-state index contributed by atoms with van der Waals surface area (Å²) in [4.78, 5) is 11.2. The predicted molar refractivity (Wildman–Crippen MR) is 63.5 cm³/mol. The van der Waals surface area contributed by atoms with Crippen molar-refractivity contribution in [3.05, 3.63) is 41.7 Å². The number of hydrogen-bond donors (Lipinski definition) is 1. The molecule has 3 aromatic rings. The molecule has 1 N–H and O–H groups in total. The zero-order chi connectivity index (χ0) is 14.5. The van der Waals surface area contributed by atoms with E-state index in [9.17, 15) is 18.0 Å². The van der Waals surface area contributed by atoms with Crippen LogP contribution in [0.15, 0.2) is 34.9 Å². The van der Waals surface area contributed by atoms with Crippen LogP contribution in [0.25, 0.3) is 21.7 Å². The molecule has 0 aliphatic heterocycles. The van der Waals surface area contributed by atoms with E-state index in [1.807, 2.05) is 0 Å². The van der Waals surface area contributed by atoms with Gasteiger partial charge in [0.2, 0.25) is 5.76 Å². The summed E-state index contributed by atoms with van der Waals surface area (Å²) >= 11 is 0. The Morgan fingerprint density at radius 1 is 1.15 bits per heavy atom. The number of aromatic nitrogens is 1. The van der Waals surface area contributed by atoms with Gasteiger partial charge in [-0.15, -0.1) is 0 Å². The van der Waals surface area contributed by atoms with Gasteiger partial charge in [0.25, 0.3) is 0 Å². The zero-order valence-electron chi connectivity index (χ0n) is 9.73. The second-order valence-corrected chi connectivity index (χ2v) is 4.18. The molecule has 2 aromatic carbocycles. The van der Waals surface area contributed by atoms with Crippen molar-refractivity contribution in [3.8, 4) is 0 Å². The van der Waals surface area contributed by atoms with Crippen molar-refractivity contribution in [2.45, 2.75) is 6.18 Å². The van der Waals surface area contributed by atoms with Gasteiger partial charge in [-0.1, -0.05) is 29.4 Å². The molecule has 7 heteroatoms. The fourth-order valence-electron chi connectivity index (χ4n) is 2.15. The number of hydrogen-bond acceptors (Lipinski definition) is 3. The minimum Gasteiger partial charge on any atom is -0.478 e. The molecule has 0 aliphatic rings. The van der Waals surface area contributed by atoms with Gasteiger partial charge in [-0.2, -0.15) is 13.2 Å². The largest absolute Gasteiger partial charge is 0.478 e. The molecule has 0 amide bonds. The Hall–Kier alpha value is -2.57. The topological polar surface area (TPSA) is 63.3 Å². The van der Waals surface area contributed by atoms with E-state index in [-0.39, 0.29) is 16.5 Å². The van der Waals surface area contributed by atoms with Crippen LogP contribution in [0.4, 0.5) is 13.2 Å². The van der Waals surface area contributed by atoms with Crippen molar-refractivity contribution in [1.29, 1.82) is 0 Å². The van der Waals surface area contributed by atoms with E-state index in [0.717, 1.165) is 6.07 Å². The first-order valence-corrected chi connectivity index (χ1v) is 5.51. The first-order valence-electron chi connectivity index (χ1n) is 5.51. The number of carboxylic acid groups (broad SMARTS) is 1. The molecule has 0 aliphatic carbocycles. The van der Waals surface area contributed by atoms with Crippen LogP contribution in [-0.4, -0.2) is 16.2 Å². The van der Waals surface area contributed by atoms with Crippen LogP contribution in [0.5, 0.6) is 0 Å². The zero-order valence-corrected chi connectivity index (χ0v) is 9.73. The van der Waals surface area contributed by atoms with Gasteiger partial charge in [0, 0.05) is 5.39 Å². The summed E-state index contributed by atoms with van der Waals surface area (Å²) in [5.74, 6) is -2.60. The molecular formula is C13H6F3NO3. The molecule has 20 heavy (non-hydrogen) atoms. The van der Waals surface area contributed by atoms with Crippen molar-refractivity contribution in [2.75, 3.05) is 0 Å². The number of carbonyl (C=O) groups is 1. The third kappa shape index (κ3) is 1.70. The summed E-state index contributed by atoms with van der Waals surface area (Å²) in [6.07, 6.45) is -4.73. The molecule has 0 saturated heterocycles. The Balaban J connectivity index is 2.51. The van der Waals surface area contributed by atoms with Crippen LogP contribution in [0.3, 0.4) is 0 Å². The van der Waals surface area contributed by atoms with E-state index in [2.05, 4.69) is 9.68 Å². The van der Waals surface area contributed by atoms with E-state index in [1.165, 1.54) is 12.1 Å². The highest BCUT2D eigenvalue weighted by molar-refractivity contribution is 6.14. The van der Waals surface area contributed by atoms with Crippen LogP contribution in [0.1, 0.15) is 16.1 Å².